The van der Waals surface area contributed by atoms with E-state index in [9.17, 15) is 19.5 Å². The molecule has 0 heterocycles. The van der Waals surface area contributed by atoms with Crippen molar-refractivity contribution in [3.63, 3.8) is 0 Å². The Bertz CT molecular complexity index is 1310. The number of hydrogen-bond donors (Lipinski definition) is 1. The summed E-state index contributed by atoms with van der Waals surface area (Å²) in [7, 11) is 5.50. The fourth-order valence-corrected chi connectivity index (χ4v) is 6.31. The number of carbonyl (C=O) groups excluding carboxylic acids is 2. The molecule has 0 saturated carbocycles. The molecule has 0 saturated heterocycles. The van der Waals surface area contributed by atoms with E-state index in [1.54, 1.807) is 0 Å². The lowest BCUT2D eigenvalue weighted by Crippen LogP contribution is -2.50. The molecule has 346 valence electrons. The molecule has 8 nitrogen and oxygen atoms in total. The summed E-state index contributed by atoms with van der Waals surface area (Å²) >= 11 is 0. The fraction of sp³-hybridized carbons (Fsp3) is 0.642. The summed E-state index contributed by atoms with van der Waals surface area (Å²) in [4.78, 5) is 37.1. The molecule has 0 aliphatic rings. The van der Waals surface area contributed by atoms with Crippen LogP contribution in [0.25, 0.3) is 0 Å². The van der Waals surface area contributed by atoms with Crippen LogP contribution in [0.15, 0.2) is 97.2 Å². The van der Waals surface area contributed by atoms with E-state index in [0.29, 0.717) is 19.3 Å². The number of nitrogens with zero attached hydrogens (tertiary/aromatic N) is 1. The highest BCUT2D eigenvalue weighted by atomic mass is 16.6. The summed E-state index contributed by atoms with van der Waals surface area (Å²) in [6, 6.07) is -0.630. The van der Waals surface area contributed by atoms with Gasteiger partial charge in [-0.3, -0.25) is 9.59 Å². The number of allylic oxidation sites excluding steroid dienone is 16. The molecular formula is C53H88NO7+. The second-order valence-corrected chi connectivity index (χ2v) is 16.6. The average Bonchev–Trinajstić information content (AvgIpc) is 3.22. The molecule has 0 aromatic carbocycles. The summed E-state index contributed by atoms with van der Waals surface area (Å²) in [5.41, 5.74) is 0. The number of likely N-dealkylation sites (N-methyl/N-ethyl adjacent to an activating group) is 1. The number of aliphatic carboxylic acids is 1. The summed E-state index contributed by atoms with van der Waals surface area (Å²) in [5, 5.41) is 9.64. The number of esters is 2. The van der Waals surface area contributed by atoms with E-state index in [1.807, 2.05) is 21.1 Å². The van der Waals surface area contributed by atoms with Crippen LogP contribution < -0.4 is 0 Å². The lowest BCUT2D eigenvalue weighted by atomic mass is 10.1. The Labute approximate surface area is 373 Å². The summed E-state index contributed by atoms with van der Waals surface area (Å²) < 4.78 is 17.2. The zero-order valence-corrected chi connectivity index (χ0v) is 39.3. The smallest absolute Gasteiger partial charge is 0.362 e. The lowest BCUT2D eigenvalue weighted by Gasteiger charge is -2.31. The highest BCUT2D eigenvalue weighted by molar-refractivity contribution is 5.72. The van der Waals surface area contributed by atoms with Crippen molar-refractivity contribution in [3.05, 3.63) is 97.2 Å². The van der Waals surface area contributed by atoms with Gasteiger partial charge in [-0.15, -0.1) is 0 Å². The Morgan fingerprint density at radius 3 is 1.41 bits per heavy atom. The van der Waals surface area contributed by atoms with Gasteiger partial charge in [-0.1, -0.05) is 156 Å². The van der Waals surface area contributed by atoms with Gasteiger partial charge < -0.3 is 23.8 Å². The minimum atomic E-state index is -0.888. The first kappa shape index (κ1) is 57.2. The lowest BCUT2D eigenvalue weighted by molar-refractivity contribution is -0.887. The van der Waals surface area contributed by atoms with E-state index in [2.05, 4.69) is 111 Å². The van der Waals surface area contributed by atoms with Crippen LogP contribution in [0.4, 0.5) is 0 Å². The number of carboxylic acid groups (broad SMARTS) is 1. The van der Waals surface area contributed by atoms with Gasteiger partial charge in [-0.05, 0) is 89.9 Å². The van der Waals surface area contributed by atoms with Crippen LogP contribution >= 0.6 is 0 Å². The van der Waals surface area contributed by atoms with Crippen molar-refractivity contribution >= 4 is 17.9 Å². The predicted molar refractivity (Wildman–Crippen MR) is 256 cm³/mol. The Kier molecular flexibility index (Phi) is 40.3. The molecule has 0 aliphatic carbocycles. The van der Waals surface area contributed by atoms with Crippen molar-refractivity contribution in [1.29, 1.82) is 0 Å². The van der Waals surface area contributed by atoms with E-state index in [0.717, 1.165) is 83.5 Å². The van der Waals surface area contributed by atoms with Crippen molar-refractivity contribution in [3.8, 4) is 0 Å². The number of hydrogen-bond acceptors (Lipinski definition) is 6. The fourth-order valence-electron chi connectivity index (χ4n) is 6.31. The number of quaternary nitrogens is 1. The van der Waals surface area contributed by atoms with E-state index in [1.165, 1.54) is 44.9 Å². The molecule has 0 rings (SSSR count). The van der Waals surface area contributed by atoms with Crippen LogP contribution in [0, 0.1) is 0 Å². The van der Waals surface area contributed by atoms with Crippen molar-refractivity contribution in [2.75, 3.05) is 41.0 Å². The van der Waals surface area contributed by atoms with E-state index in [-0.39, 0.29) is 42.7 Å². The van der Waals surface area contributed by atoms with Gasteiger partial charge in [0.1, 0.15) is 6.61 Å². The Balaban J connectivity index is 4.44. The second-order valence-electron chi connectivity index (χ2n) is 16.6. The van der Waals surface area contributed by atoms with Crippen molar-refractivity contribution in [1.82, 2.24) is 0 Å². The minimum Gasteiger partial charge on any atom is -0.477 e. The summed E-state index contributed by atoms with van der Waals surface area (Å²) in [5.74, 6) is -1.56. The van der Waals surface area contributed by atoms with Crippen LogP contribution in [0.2, 0.25) is 0 Å². The Morgan fingerprint density at radius 1 is 0.508 bits per heavy atom. The number of carboxylic acids is 1. The maximum absolute atomic E-state index is 12.8. The van der Waals surface area contributed by atoms with Gasteiger partial charge >= 0.3 is 17.9 Å². The molecule has 1 N–H and O–H groups in total. The van der Waals surface area contributed by atoms with E-state index < -0.39 is 18.1 Å². The molecule has 0 aromatic rings. The summed E-state index contributed by atoms with van der Waals surface area (Å²) in [6.45, 7) is 4.51. The largest absolute Gasteiger partial charge is 0.477 e. The van der Waals surface area contributed by atoms with Crippen molar-refractivity contribution in [2.24, 2.45) is 0 Å². The minimum absolute atomic E-state index is 0.0337. The summed E-state index contributed by atoms with van der Waals surface area (Å²) in [6.07, 6.45) is 57.4. The normalized spacial score (nSPS) is 13.8. The van der Waals surface area contributed by atoms with E-state index >= 15 is 0 Å². The Hall–Kier alpha value is -3.75. The van der Waals surface area contributed by atoms with Crippen LogP contribution in [-0.2, 0) is 28.6 Å². The molecule has 2 atom stereocenters. The van der Waals surface area contributed by atoms with Crippen LogP contribution in [0.3, 0.4) is 0 Å². The van der Waals surface area contributed by atoms with Crippen LogP contribution in [-0.4, -0.2) is 80.6 Å². The third-order valence-electron chi connectivity index (χ3n) is 9.97. The molecule has 61 heavy (non-hydrogen) atoms. The van der Waals surface area contributed by atoms with Gasteiger partial charge in [0, 0.05) is 19.3 Å². The molecule has 0 amide bonds. The number of carbonyl (C=O) groups is 3. The molecule has 0 spiro atoms. The van der Waals surface area contributed by atoms with Gasteiger partial charge in [-0.2, -0.15) is 0 Å². The highest BCUT2D eigenvalue weighted by Crippen LogP contribution is 2.13. The highest BCUT2D eigenvalue weighted by Gasteiger charge is 2.31. The van der Waals surface area contributed by atoms with Crippen LogP contribution in [0.1, 0.15) is 168 Å². The standard InChI is InChI=1S/C53H87NO7/c1-6-8-10-12-14-16-18-20-22-24-25-26-28-29-31-33-35-37-39-41-43-51(55)60-48-49(47-59-46-45-50(53(57)58)54(3,4)5)61-52(56)44-42-40-38-36-34-32-30-27-23-21-19-17-15-13-11-9-7-2/h8,10,14-17,20-23,25-26,29,31,35,37,49-50H,6-7,9,11-13,18-19,24,27-28,30,32-34,36,38-48H2,1-5H3/p+1/b10-8+,16-14+,17-15+,22-20+,23-21+,26-25+,31-29+,37-35+. The van der Waals surface area contributed by atoms with Gasteiger partial charge in [0.2, 0.25) is 0 Å². The molecule has 0 bridgehead atoms. The SMILES string of the molecule is CC/C=C/C/C=C/C/C=C/C/C=C/C/C=C/C/C=C/CCCC(=O)OCC(COCCC(C(=O)O)[N+](C)(C)C)OC(=O)CCCCCCCCC/C=C/C/C=C/CCCCC. The van der Waals surface area contributed by atoms with Crippen molar-refractivity contribution < 1.29 is 38.2 Å². The predicted octanol–water partition coefficient (Wildman–Crippen LogP) is 13.5. The van der Waals surface area contributed by atoms with Gasteiger partial charge in [0.05, 0.1) is 34.4 Å². The molecular weight excluding hydrogens is 763 g/mol. The number of ether oxygens (including phenoxy) is 3. The molecule has 8 heteroatoms. The van der Waals surface area contributed by atoms with Gasteiger partial charge in [-0.25, -0.2) is 4.79 Å². The zero-order chi connectivity index (χ0) is 44.9. The maximum atomic E-state index is 12.8. The van der Waals surface area contributed by atoms with E-state index in [4.69, 9.17) is 14.2 Å². The molecule has 2 unspecified atom stereocenters. The monoisotopic (exact) mass is 851 g/mol. The maximum Gasteiger partial charge on any atom is 0.362 e. The quantitative estimate of drug-likeness (QED) is 0.0283. The first-order valence-corrected chi connectivity index (χ1v) is 23.8. The first-order valence-electron chi connectivity index (χ1n) is 23.8. The van der Waals surface area contributed by atoms with Gasteiger partial charge in [0.15, 0.2) is 12.1 Å². The van der Waals surface area contributed by atoms with Gasteiger partial charge in [0.25, 0.3) is 0 Å². The Morgan fingerprint density at radius 2 is 0.934 bits per heavy atom. The molecule has 0 radical (unpaired) electrons. The molecule has 0 fully saturated rings. The topological polar surface area (TPSA) is 99.1 Å². The third-order valence-corrected chi connectivity index (χ3v) is 9.97. The second kappa shape index (κ2) is 42.9. The number of unbranched alkanes of at least 4 members (excludes halogenated alkanes) is 11. The zero-order valence-electron chi connectivity index (χ0n) is 39.3. The van der Waals surface area contributed by atoms with Crippen LogP contribution in [0.5, 0.6) is 0 Å². The average molecular weight is 851 g/mol. The molecule has 0 aliphatic heterocycles. The molecule has 0 aromatic heterocycles. The third kappa shape index (κ3) is 41.4. The number of rotatable bonds is 41. The van der Waals surface area contributed by atoms with Crippen molar-refractivity contribution in [2.45, 2.75) is 180 Å². The first-order chi connectivity index (χ1) is 29.6.